The minimum atomic E-state index is -1.12. The summed E-state index contributed by atoms with van der Waals surface area (Å²) in [5, 5.41) is 13.3. The SMILES string of the molecule is CCOC(=O)[C@](C)(NC(=O)Cc1ccc([N+](=O)[O-])cc1)C(C)C. The van der Waals surface area contributed by atoms with E-state index < -0.39 is 16.4 Å². The van der Waals surface area contributed by atoms with E-state index in [2.05, 4.69) is 5.32 Å². The van der Waals surface area contributed by atoms with Gasteiger partial charge in [0.05, 0.1) is 18.0 Å². The van der Waals surface area contributed by atoms with Gasteiger partial charge in [-0.2, -0.15) is 0 Å². The highest BCUT2D eigenvalue weighted by atomic mass is 16.6. The van der Waals surface area contributed by atoms with Gasteiger partial charge in [-0.3, -0.25) is 14.9 Å². The Morgan fingerprint density at radius 1 is 1.30 bits per heavy atom. The molecule has 0 saturated heterocycles. The van der Waals surface area contributed by atoms with Crippen LogP contribution in [0.3, 0.4) is 0 Å². The molecule has 0 unspecified atom stereocenters. The fourth-order valence-electron chi connectivity index (χ4n) is 1.97. The Kier molecular flexibility index (Phi) is 6.24. The lowest BCUT2D eigenvalue weighted by Gasteiger charge is -2.32. The zero-order valence-corrected chi connectivity index (χ0v) is 13.8. The summed E-state index contributed by atoms with van der Waals surface area (Å²) in [6.45, 7) is 7.21. The number of rotatable bonds is 7. The van der Waals surface area contributed by atoms with Gasteiger partial charge >= 0.3 is 5.97 Å². The van der Waals surface area contributed by atoms with Crippen LogP contribution in [0.1, 0.15) is 33.3 Å². The van der Waals surface area contributed by atoms with Crippen molar-refractivity contribution in [2.24, 2.45) is 5.92 Å². The number of ether oxygens (including phenoxy) is 1. The molecular weight excluding hydrogens is 300 g/mol. The number of nitrogens with zero attached hydrogens (tertiary/aromatic N) is 1. The molecule has 23 heavy (non-hydrogen) atoms. The van der Waals surface area contributed by atoms with Gasteiger partial charge in [-0.25, -0.2) is 4.79 Å². The summed E-state index contributed by atoms with van der Waals surface area (Å²) in [6.07, 6.45) is 0.0275. The highest BCUT2D eigenvalue weighted by Gasteiger charge is 2.39. The molecule has 7 heteroatoms. The van der Waals surface area contributed by atoms with Crippen molar-refractivity contribution in [3.63, 3.8) is 0 Å². The predicted molar refractivity (Wildman–Crippen MR) is 84.8 cm³/mol. The lowest BCUT2D eigenvalue weighted by molar-refractivity contribution is -0.384. The molecular formula is C16H22N2O5. The molecule has 0 aliphatic carbocycles. The highest BCUT2D eigenvalue weighted by molar-refractivity contribution is 5.88. The number of carbonyl (C=O) groups excluding carboxylic acids is 2. The Morgan fingerprint density at radius 3 is 2.30 bits per heavy atom. The van der Waals surface area contributed by atoms with E-state index in [0.717, 1.165) is 0 Å². The van der Waals surface area contributed by atoms with E-state index in [0.29, 0.717) is 5.56 Å². The average Bonchev–Trinajstić information content (AvgIpc) is 2.47. The molecule has 0 aromatic heterocycles. The minimum absolute atomic E-state index is 0.0275. The molecule has 1 aromatic carbocycles. The van der Waals surface area contributed by atoms with Gasteiger partial charge in [0.2, 0.25) is 5.91 Å². The van der Waals surface area contributed by atoms with Gasteiger partial charge in [-0.05, 0) is 25.3 Å². The number of carbonyl (C=O) groups is 2. The highest BCUT2D eigenvalue weighted by Crippen LogP contribution is 2.19. The van der Waals surface area contributed by atoms with E-state index in [-0.39, 0.29) is 30.5 Å². The van der Waals surface area contributed by atoms with Crippen LogP contribution in [0.15, 0.2) is 24.3 Å². The molecule has 1 rings (SSSR count). The van der Waals surface area contributed by atoms with Crippen LogP contribution < -0.4 is 5.32 Å². The number of nitro benzene ring substituents is 1. The molecule has 0 aliphatic rings. The molecule has 1 amide bonds. The smallest absolute Gasteiger partial charge is 0.331 e. The van der Waals surface area contributed by atoms with Crippen molar-refractivity contribution in [3.8, 4) is 0 Å². The van der Waals surface area contributed by atoms with E-state index in [1.54, 1.807) is 13.8 Å². The van der Waals surface area contributed by atoms with Crippen LogP contribution in [0.4, 0.5) is 5.69 Å². The van der Waals surface area contributed by atoms with Crippen LogP contribution in [0.25, 0.3) is 0 Å². The quantitative estimate of drug-likeness (QED) is 0.471. The van der Waals surface area contributed by atoms with Crippen molar-refractivity contribution in [2.75, 3.05) is 6.61 Å². The summed E-state index contributed by atoms with van der Waals surface area (Å²) >= 11 is 0. The molecule has 1 N–H and O–H groups in total. The predicted octanol–water partition coefficient (Wildman–Crippen LogP) is 2.23. The lowest BCUT2D eigenvalue weighted by atomic mass is 9.88. The molecule has 0 spiro atoms. The third-order valence-corrected chi connectivity index (χ3v) is 3.77. The molecule has 0 aliphatic heterocycles. The first-order valence-corrected chi connectivity index (χ1v) is 7.42. The monoisotopic (exact) mass is 322 g/mol. The number of esters is 1. The Balaban J connectivity index is 2.80. The molecule has 0 bridgehead atoms. The van der Waals surface area contributed by atoms with Crippen molar-refractivity contribution in [2.45, 2.75) is 39.7 Å². The third kappa shape index (κ3) is 4.77. The number of amides is 1. The second-order valence-corrected chi connectivity index (χ2v) is 5.73. The number of nitrogens with one attached hydrogen (secondary N) is 1. The Bertz CT molecular complexity index is 583. The van der Waals surface area contributed by atoms with Gasteiger partial charge in [-0.1, -0.05) is 26.0 Å². The topological polar surface area (TPSA) is 98.5 Å². The van der Waals surface area contributed by atoms with Crippen molar-refractivity contribution in [1.29, 1.82) is 0 Å². The normalized spacial score (nSPS) is 13.3. The molecule has 126 valence electrons. The molecule has 0 saturated carbocycles. The van der Waals surface area contributed by atoms with E-state index >= 15 is 0 Å². The molecule has 1 atom stereocenters. The maximum Gasteiger partial charge on any atom is 0.331 e. The summed E-state index contributed by atoms with van der Waals surface area (Å²) < 4.78 is 5.03. The maximum atomic E-state index is 12.2. The van der Waals surface area contributed by atoms with E-state index in [9.17, 15) is 19.7 Å². The van der Waals surface area contributed by atoms with Gasteiger partial charge in [0.25, 0.3) is 5.69 Å². The standard InChI is InChI=1S/C16H22N2O5/c1-5-23-15(20)16(4,11(2)3)17-14(19)10-12-6-8-13(9-7-12)18(21)22/h6-9,11H,5,10H2,1-4H3,(H,17,19)/t16-/m1/s1. The molecule has 0 radical (unpaired) electrons. The number of nitro groups is 1. The Labute approximate surface area is 135 Å². The first-order valence-electron chi connectivity index (χ1n) is 7.42. The molecule has 0 heterocycles. The summed E-state index contributed by atoms with van der Waals surface area (Å²) in [4.78, 5) is 34.4. The summed E-state index contributed by atoms with van der Waals surface area (Å²) in [5.74, 6) is -0.975. The fraction of sp³-hybridized carbons (Fsp3) is 0.500. The first-order chi connectivity index (χ1) is 10.7. The zero-order chi connectivity index (χ0) is 17.6. The van der Waals surface area contributed by atoms with Crippen LogP contribution in [0.2, 0.25) is 0 Å². The second-order valence-electron chi connectivity index (χ2n) is 5.73. The van der Waals surface area contributed by atoms with Crippen molar-refractivity contribution in [3.05, 3.63) is 39.9 Å². The van der Waals surface area contributed by atoms with Gasteiger partial charge in [-0.15, -0.1) is 0 Å². The van der Waals surface area contributed by atoms with Crippen LogP contribution in [-0.4, -0.2) is 28.9 Å². The van der Waals surface area contributed by atoms with Gasteiger partial charge in [0.1, 0.15) is 5.54 Å². The number of benzene rings is 1. The number of hydrogen-bond acceptors (Lipinski definition) is 5. The number of hydrogen-bond donors (Lipinski definition) is 1. The largest absolute Gasteiger partial charge is 0.464 e. The van der Waals surface area contributed by atoms with Gasteiger partial charge in [0, 0.05) is 12.1 Å². The van der Waals surface area contributed by atoms with Crippen molar-refractivity contribution in [1.82, 2.24) is 5.32 Å². The number of non-ortho nitro benzene ring substituents is 1. The van der Waals surface area contributed by atoms with Crippen molar-refractivity contribution >= 4 is 17.6 Å². The lowest BCUT2D eigenvalue weighted by Crippen LogP contribution is -2.57. The van der Waals surface area contributed by atoms with Crippen LogP contribution in [0.5, 0.6) is 0 Å². The average molecular weight is 322 g/mol. The fourth-order valence-corrected chi connectivity index (χ4v) is 1.97. The summed E-state index contributed by atoms with van der Waals surface area (Å²) in [7, 11) is 0. The summed E-state index contributed by atoms with van der Waals surface area (Å²) in [6, 6.07) is 5.73. The van der Waals surface area contributed by atoms with Crippen LogP contribution in [0, 0.1) is 16.0 Å². The van der Waals surface area contributed by atoms with Crippen molar-refractivity contribution < 1.29 is 19.2 Å². The Morgan fingerprint density at radius 2 is 1.87 bits per heavy atom. The zero-order valence-electron chi connectivity index (χ0n) is 13.8. The van der Waals surface area contributed by atoms with Crippen LogP contribution >= 0.6 is 0 Å². The minimum Gasteiger partial charge on any atom is -0.464 e. The molecule has 1 aromatic rings. The van der Waals surface area contributed by atoms with E-state index in [1.807, 2.05) is 13.8 Å². The van der Waals surface area contributed by atoms with Gasteiger partial charge < -0.3 is 10.1 Å². The Hall–Kier alpha value is -2.44. The molecule has 7 nitrogen and oxygen atoms in total. The second kappa shape index (κ2) is 7.71. The summed E-state index contributed by atoms with van der Waals surface area (Å²) in [5.41, 5.74) is -0.524. The van der Waals surface area contributed by atoms with E-state index in [4.69, 9.17) is 4.74 Å². The maximum absolute atomic E-state index is 12.2. The molecule has 0 fully saturated rings. The van der Waals surface area contributed by atoms with Crippen LogP contribution in [-0.2, 0) is 20.7 Å². The van der Waals surface area contributed by atoms with Gasteiger partial charge in [0.15, 0.2) is 0 Å². The third-order valence-electron chi connectivity index (χ3n) is 3.77. The van der Waals surface area contributed by atoms with E-state index in [1.165, 1.54) is 24.3 Å². The first kappa shape index (κ1) is 18.6.